The van der Waals surface area contributed by atoms with Gasteiger partial charge in [-0.25, -0.2) is 15.0 Å². The molecule has 0 saturated carbocycles. The number of ether oxygens (including phenoxy) is 2. The number of hydrogen-bond acceptors (Lipinski definition) is 8. The van der Waals surface area contributed by atoms with E-state index in [0.717, 1.165) is 4.90 Å². The van der Waals surface area contributed by atoms with E-state index >= 15 is 0 Å². The van der Waals surface area contributed by atoms with E-state index in [1.807, 2.05) is 0 Å². The summed E-state index contributed by atoms with van der Waals surface area (Å²) < 4.78 is 5.71. The van der Waals surface area contributed by atoms with Crippen molar-refractivity contribution in [2.75, 3.05) is 26.3 Å². The third kappa shape index (κ3) is 8.77. The fourth-order valence-corrected chi connectivity index (χ4v) is 3.13. The predicted octanol–water partition coefficient (Wildman–Crippen LogP) is 4.76. The van der Waals surface area contributed by atoms with Crippen molar-refractivity contribution in [1.29, 1.82) is 0 Å². The van der Waals surface area contributed by atoms with Crippen LogP contribution >= 0.6 is 69.6 Å². The third-order valence-electron chi connectivity index (χ3n) is 4.07. The van der Waals surface area contributed by atoms with E-state index in [0.29, 0.717) is 5.56 Å². The van der Waals surface area contributed by atoms with Gasteiger partial charge in [0.05, 0.1) is 13.2 Å². The molecule has 0 aliphatic heterocycles. The Morgan fingerprint density at radius 3 is 1.57 bits per heavy atom. The average Bonchev–Trinajstić information content (AvgIpc) is 2.77. The number of aromatic nitrogens is 3. The molecule has 0 aliphatic rings. The normalized spacial score (nSPS) is 11.7. The first kappa shape index (κ1) is 29.6. The summed E-state index contributed by atoms with van der Waals surface area (Å²) in [6.45, 7) is 2.59. The summed E-state index contributed by atoms with van der Waals surface area (Å²) in [5.74, 6) is -2.50. The number of carbonyl (C=O) groups excluding carboxylic acids is 3. The number of carbonyl (C=O) groups is 3. The fourth-order valence-electron chi connectivity index (χ4n) is 2.63. The van der Waals surface area contributed by atoms with Crippen LogP contribution in [-0.4, -0.2) is 64.0 Å². The molecule has 0 fully saturated rings. The minimum Gasteiger partial charge on any atom is -0.465 e. The Labute approximate surface area is 230 Å². The number of halogens is 6. The molecule has 0 aliphatic carbocycles. The second kappa shape index (κ2) is 12.6. The minimum atomic E-state index is -2.03. The van der Waals surface area contributed by atoms with Gasteiger partial charge in [0.15, 0.2) is 17.5 Å². The highest BCUT2D eigenvalue weighted by Crippen LogP contribution is 2.40. The molecular formula is C20H18Cl6N4O5. The van der Waals surface area contributed by atoms with Crippen LogP contribution < -0.4 is 0 Å². The van der Waals surface area contributed by atoms with E-state index in [2.05, 4.69) is 15.0 Å². The van der Waals surface area contributed by atoms with Crippen LogP contribution in [-0.2, 0) is 26.6 Å². The van der Waals surface area contributed by atoms with Crippen LogP contribution in [0.5, 0.6) is 0 Å². The lowest BCUT2D eigenvalue weighted by Gasteiger charge is -2.21. The highest BCUT2D eigenvalue weighted by molar-refractivity contribution is 6.67. The van der Waals surface area contributed by atoms with Crippen LogP contribution in [0.15, 0.2) is 24.3 Å². The maximum absolute atomic E-state index is 13.0. The third-order valence-corrected chi connectivity index (χ3v) is 5.08. The van der Waals surface area contributed by atoms with Crippen LogP contribution in [0.3, 0.4) is 0 Å². The molecule has 2 aromatic rings. The van der Waals surface area contributed by atoms with E-state index in [1.165, 1.54) is 24.3 Å². The van der Waals surface area contributed by atoms with E-state index in [4.69, 9.17) is 79.1 Å². The summed E-state index contributed by atoms with van der Waals surface area (Å²) in [5.41, 5.74) is 0.525. The molecule has 0 spiro atoms. The van der Waals surface area contributed by atoms with Crippen molar-refractivity contribution in [3.63, 3.8) is 0 Å². The highest BCUT2D eigenvalue weighted by atomic mass is 35.6. The van der Waals surface area contributed by atoms with Crippen LogP contribution in [0, 0.1) is 0 Å². The maximum Gasteiger partial charge on any atom is 0.325 e. The number of hydrogen-bond donors (Lipinski definition) is 0. The Bertz CT molecular complexity index is 1020. The molecule has 1 heterocycles. The summed E-state index contributed by atoms with van der Waals surface area (Å²) >= 11 is 35.4. The largest absolute Gasteiger partial charge is 0.465 e. The summed E-state index contributed by atoms with van der Waals surface area (Å²) in [6.07, 6.45) is 0. The molecule has 0 saturated heterocycles. The van der Waals surface area contributed by atoms with Gasteiger partial charge in [-0.3, -0.25) is 14.4 Å². The molecule has 0 unspecified atom stereocenters. The van der Waals surface area contributed by atoms with Gasteiger partial charge in [0, 0.05) is 11.1 Å². The van der Waals surface area contributed by atoms with Crippen molar-refractivity contribution in [3.8, 4) is 11.4 Å². The van der Waals surface area contributed by atoms with Gasteiger partial charge in [-0.15, -0.1) is 0 Å². The summed E-state index contributed by atoms with van der Waals surface area (Å²) in [7, 11) is 0. The van der Waals surface area contributed by atoms with Crippen molar-refractivity contribution in [1.82, 2.24) is 19.9 Å². The molecule has 15 heteroatoms. The number of esters is 2. The Kier molecular flexibility index (Phi) is 10.6. The van der Waals surface area contributed by atoms with Gasteiger partial charge in [0.25, 0.3) is 5.91 Å². The molecule has 0 N–H and O–H groups in total. The Morgan fingerprint density at radius 1 is 0.771 bits per heavy atom. The van der Waals surface area contributed by atoms with Crippen molar-refractivity contribution >= 4 is 87.5 Å². The topological polar surface area (TPSA) is 112 Å². The molecule has 190 valence electrons. The molecule has 1 aromatic heterocycles. The molecule has 0 radical (unpaired) electrons. The zero-order chi connectivity index (χ0) is 26.4. The Balaban J connectivity index is 2.39. The van der Waals surface area contributed by atoms with Crippen molar-refractivity contribution in [3.05, 3.63) is 41.5 Å². The number of alkyl halides is 6. The standard InChI is InChI=1S/C20H18Cl6N4O5/c1-3-34-13(31)9-30(10-14(32)35-4-2)16(33)12-7-5-11(6-8-12)15-27-17(19(21,22)23)29-18(28-15)20(24,25)26/h5-8H,3-4,9-10H2,1-2H3. The van der Waals surface area contributed by atoms with E-state index in [9.17, 15) is 14.4 Å². The fraction of sp³-hybridized carbons (Fsp3) is 0.400. The first-order valence-corrected chi connectivity index (χ1v) is 12.1. The second-order valence-electron chi connectivity index (χ2n) is 6.65. The van der Waals surface area contributed by atoms with Crippen molar-refractivity contribution < 1.29 is 23.9 Å². The summed E-state index contributed by atoms with van der Waals surface area (Å²) in [5, 5.41) is 0. The minimum absolute atomic E-state index is 0.0107. The average molecular weight is 607 g/mol. The molecule has 9 nitrogen and oxygen atoms in total. The lowest BCUT2D eigenvalue weighted by molar-refractivity contribution is -0.147. The van der Waals surface area contributed by atoms with Crippen LogP contribution in [0.25, 0.3) is 11.4 Å². The van der Waals surface area contributed by atoms with Crippen LogP contribution in [0.4, 0.5) is 0 Å². The molecule has 1 amide bonds. The van der Waals surface area contributed by atoms with Crippen molar-refractivity contribution in [2.24, 2.45) is 0 Å². The van der Waals surface area contributed by atoms with Gasteiger partial charge in [0.2, 0.25) is 7.59 Å². The zero-order valence-corrected chi connectivity index (χ0v) is 22.8. The summed E-state index contributed by atoms with van der Waals surface area (Å²) in [6, 6.07) is 5.82. The van der Waals surface area contributed by atoms with Crippen LogP contribution in [0.1, 0.15) is 35.9 Å². The van der Waals surface area contributed by atoms with Gasteiger partial charge in [0.1, 0.15) is 13.1 Å². The molecular weight excluding hydrogens is 589 g/mol. The number of nitrogens with zero attached hydrogens (tertiary/aromatic N) is 4. The molecule has 2 rings (SSSR count). The van der Waals surface area contributed by atoms with Crippen molar-refractivity contribution in [2.45, 2.75) is 21.4 Å². The molecule has 1 aromatic carbocycles. The molecule has 0 atom stereocenters. The van der Waals surface area contributed by atoms with E-state index in [-0.39, 0.29) is 36.3 Å². The number of amides is 1. The van der Waals surface area contributed by atoms with Gasteiger partial charge in [-0.2, -0.15) is 0 Å². The van der Waals surface area contributed by atoms with Gasteiger partial charge in [-0.05, 0) is 26.0 Å². The van der Waals surface area contributed by atoms with Gasteiger partial charge >= 0.3 is 11.9 Å². The van der Waals surface area contributed by atoms with E-state index in [1.54, 1.807) is 13.8 Å². The molecule has 0 bridgehead atoms. The number of rotatable bonds is 8. The predicted molar refractivity (Wildman–Crippen MR) is 133 cm³/mol. The lowest BCUT2D eigenvalue weighted by Crippen LogP contribution is -2.40. The van der Waals surface area contributed by atoms with E-state index < -0.39 is 38.5 Å². The zero-order valence-electron chi connectivity index (χ0n) is 18.2. The Hall–Kier alpha value is -1.62. The second-order valence-corrected chi connectivity index (χ2v) is 11.2. The smallest absolute Gasteiger partial charge is 0.325 e. The lowest BCUT2D eigenvalue weighted by atomic mass is 10.1. The maximum atomic E-state index is 13.0. The van der Waals surface area contributed by atoms with Crippen LogP contribution in [0.2, 0.25) is 0 Å². The van der Waals surface area contributed by atoms with Gasteiger partial charge < -0.3 is 14.4 Å². The highest BCUT2D eigenvalue weighted by Gasteiger charge is 2.34. The SMILES string of the molecule is CCOC(=O)CN(CC(=O)OCC)C(=O)c1ccc(-c2nc(C(Cl)(Cl)Cl)nc(C(Cl)(Cl)Cl)n2)cc1. The summed E-state index contributed by atoms with van der Waals surface area (Å²) in [4.78, 5) is 50.0. The number of benzene rings is 1. The monoisotopic (exact) mass is 604 g/mol. The first-order valence-electron chi connectivity index (χ1n) is 9.87. The molecule has 35 heavy (non-hydrogen) atoms. The van der Waals surface area contributed by atoms with Gasteiger partial charge in [-0.1, -0.05) is 81.7 Å². The first-order chi connectivity index (χ1) is 16.3. The quantitative estimate of drug-likeness (QED) is 0.312. The Morgan fingerprint density at radius 2 is 1.20 bits per heavy atom.